The average Bonchev–Trinajstić information content (AvgIpc) is 3.46. The third-order valence-corrected chi connectivity index (χ3v) is 12.9. The number of benzene rings is 4. The summed E-state index contributed by atoms with van der Waals surface area (Å²) < 4.78 is 6.22. The molecule has 4 heterocycles. The van der Waals surface area contributed by atoms with Crippen LogP contribution in [0, 0.1) is 5.92 Å². The van der Waals surface area contributed by atoms with Crippen molar-refractivity contribution in [3.05, 3.63) is 137 Å². The minimum atomic E-state index is -0.798. The Morgan fingerprint density at radius 3 is 2.30 bits per heavy atom. The van der Waals surface area contributed by atoms with Crippen LogP contribution < -0.4 is 15.0 Å². The highest BCUT2D eigenvalue weighted by Gasteiger charge is 2.44. The molecule has 1 unspecified atom stereocenters. The second-order valence-electron chi connectivity index (χ2n) is 16.4. The molecule has 3 atom stereocenters. The number of anilines is 1. The van der Waals surface area contributed by atoms with Gasteiger partial charge in [-0.05, 0) is 115 Å². The number of phenolic OH excluding ortho intramolecular Hbond substituents is 1. The maximum absolute atomic E-state index is 13.4. The van der Waals surface area contributed by atoms with E-state index in [4.69, 9.17) is 4.74 Å². The summed E-state index contributed by atoms with van der Waals surface area (Å²) >= 11 is 0. The van der Waals surface area contributed by atoms with Gasteiger partial charge in [0.05, 0.1) is 11.1 Å². The number of aryl methyl sites for hydroxylation is 1. The molecule has 4 aromatic rings. The fraction of sp³-hybridized carbons (Fsp3) is 0.383. The Morgan fingerprint density at radius 2 is 1.53 bits per heavy atom. The highest BCUT2D eigenvalue weighted by atomic mass is 16.5. The van der Waals surface area contributed by atoms with Crippen LogP contribution in [-0.4, -0.2) is 103 Å². The second-order valence-corrected chi connectivity index (χ2v) is 16.4. The molecule has 10 heteroatoms. The summed E-state index contributed by atoms with van der Waals surface area (Å²) in [6.07, 6.45) is 4.14. The molecule has 10 nitrogen and oxygen atoms in total. The SMILES string of the molecule is C=C1CCC(N2C(=O)c3ccc(N4CCN(CCC5CN(CCOc6ccc([C@@H]7c8ccc(O)cc8CC[C@@H]7c7ccccc7)cc6)C5)CC4)cc3C2=O)C(=O)N1. The molecule has 4 aromatic carbocycles. The number of rotatable bonds is 11. The Balaban J connectivity index is 0.706. The minimum Gasteiger partial charge on any atom is -0.508 e. The first-order valence-corrected chi connectivity index (χ1v) is 20.6. The molecule has 3 amide bonds. The lowest BCUT2D eigenvalue weighted by Crippen LogP contribution is -2.51. The molecule has 0 radical (unpaired) electrons. The predicted octanol–water partition coefficient (Wildman–Crippen LogP) is 6.17. The van der Waals surface area contributed by atoms with E-state index in [2.05, 4.69) is 87.3 Å². The van der Waals surface area contributed by atoms with E-state index in [-0.39, 0.29) is 17.7 Å². The molecule has 3 fully saturated rings. The maximum Gasteiger partial charge on any atom is 0.262 e. The van der Waals surface area contributed by atoms with Gasteiger partial charge in [-0.25, -0.2) is 0 Å². The van der Waals surface area contributed by atoms with Crippen molar-refractivity contribution >= 4 is 23.4 Å². The molecule has 4 aliphatic heterocycles. The van der Waals surface area contributed by atoms with Gasteiger partial charge in [0.15, 0.2) is 0 Å². The van der Waals surface area contributed by atoms with Gasteiger partial charge in [0.25, 0.3) is 11.8 Å². The van der Waals surface area contributed by atoms with E-state index in [1.807, 2.05) is 24.3 Å². The van der Waals surface area contributed by atoms with Crippen molar-refractivity contribution in [2.45, 2.75) is 50.0 Å². The van der Waals surface area contributed by atoms with E-state index in [9.17, 15) is 19.5 Å². The standard InChI is InChI=1S/C47H51N5O5/c1-31-7-18-43(45(54)48-31)52-46(55)41-16-11-36(28-42(41)47(52)56)51-23-21-49(22-24-51)20-19-32-29-50(30-32)25-26-57-38-13-8-34(9-14-38)44-39(33-5-3-2-4-6-33)15-10-35-27-37(53)12-17-40(35)44/h2-6,8-9,11-14,16-17,27-28,32,39,43-44,53H,1,7,10,15,18-26,29-30H2,(H,48,54)/t39-,43?,44+/m1/s1. The number of aromatic hydroxyl groups is 1. The third-order valence-electron chi connectivity index (χ3n) is 12.9. The van der Waals surface area contributed by atoms with Gasteiger partial charge in [-0.15, -0.1) is 0 Å². The number of nitrogens with one attached hydrogen (secondary N) is 1. The largest absolute Gasteiger partial charge is 0.508 e. The topological polar surface area (TPSA) is 106 Å². The van der Waals surface area contributed by atoms with Crippen LogP contribution in [-0.2, 0) is 11.2 Å². The van der Waals surface area contributed by atoms with Crippen LogP contribution in [0.5, 0.6) is 11.5 Å². The van der Waals surface area contributed by atoms with Crippen molar-refractivity contribution < 1.29 is 24.2 Å². The number of phenols is 1. The summed E-state index contributed by atoms with van der Waals surface area (Å²) in [5.74, 6) is 1.41. The van der Waals surface area contributed by atoms with E-state index in [0.717, 1.165) is 81.5 Å². The molecule has 0 saturated carbocycles. The van der Waals surface area contributed by atoms with E-state index < -0.39 is 11.9 Å². The van der Waals surface area contributed by atoms with Crippen LogP contribution in [0.1, 0.15) is 80.5 Å². The fourth-order valence-electron chi connectivity index (χ4n) is 9.71. The van der Waals surface area contributed by atoms with E-state index >= 15 is 0 Å². The number of allylic oxidation sites excluding steroid dienone is 1. The summed E-state index contributed by atoms with van der Waals surface area (Å²) in [6.45, 7) is 12.3. The summed E-state index contributed by atoms with van der Waals surface area (Å²) in [7, 11) is 0. The van der Waals surface area contributed by atoms with Crippen LogP contribution in [0.2, 0.25) is 0 Å². The maximum atomic E-state index is 13.4. The summed E-state index contributed by atoms with van der Waals surface area (Å²) in [5.41, 5.74) is 7.50. The van der Waals surface area contributed by atoms with Gasteiger partial charge in [-0.2, -0.15) is 0 Å². The second kappa shape index (κ2) is 15.8. The van der Waals surface area contributed by atoms with Crippen molar-refractivity contribution in [1.82, 2.24) is 20.0 Å². The van der Waals surface area contributed by atoms with Crippen LogP contribution in [0.4, 0.5) is 5.69 Å². The summed E-state index contributed by atoms with van der Waals surface area (Å²) in [6, 6.07) is 30.0. The number of piperazine rings is 1. The molecular formula is C47H51N5O5. The average molecular weight is 766 g/mol. The zero-order chi connectivity index (χ0) is 39.0. The van der Waals surface area contributed by atoms with Crippen molar-refractivity contribution in [2.24, 2.45) is 5.92 Å². The summed E-state index contributed by atoms with van der Waals surface area (Å²) in [5, 5.41) is 12.9. The fourth-order valence-corrected chi connectivity index (χ4v) is 9.71. The number of carbonyl (C=O) groups excluding carboxylic acids is 3. The number of likely N-dealkylation sites (tertiary alicyclic amines) is 1. The number of hydrogen-bond donors (Lipinski definition) is 2. The van der Waals surface area contributed by atoms with Gasteiger partial charge in [0.2, 0.25) is 5.91 Å². The number of ether oxygens (including phenoxy) is 1. The van der Waals surface area contributed by atoms with E-state index in [0.29, 0.717) is 53.9 Å². The quantitative estimate of drug-likeness (QED) is 0.175. The molecule has 294 valence electrons. The molecule has 5 aliphatic rings. The molecule has 1 aliphatic carbocycles. The van der Waals surface area contributed by atoms with Crippen LogP contribution in [0.3, 0.4) is 0 Å². The molecule has 2 N–H and O–H groups in total. The van der Waals surface area contributed by atoms with Crippen molar-refractivity contribution in [3.8, 4) is 11.5 Å². The first kappa shape index (κ1) is 37.1. The number of fused-ring (bicyclic) bond motifs is 2. The van der Waals surface area contributed by atoms with Gasteiger partial charge < -0.3 is 20.1 Å². The number of carbonyl (C=O) groups is 3. The van der Waals surface area contributed by atoms with Crippen molar-refractivity contribution in [3.63, 3.8) is 0 Å². The van der Waals surface area contributed by atoms with Crippen LogP contribution >= 0.6 is 0 Å². The first-order chi connectivity index (χ1) is 27.8. The molecule has 3 saturated heterocycles. The minimum absolute atomic E-state index is 0.227. The zero-order valence-electron chi connectivity index (χ0n) is 32.4. The Hall–Kier alpha value is -5.45. The normalized spacial score (nSPS) is 22.9. The number of nitrogens with zero attached hydrogens (tertiary/aromatic N) is 4. The molecule has 57 heavy (non-hydrogen) atoms. The zero-order valence-corrected chi connectivity index (χ0v) is 32.4. The number of amides is 3. The van der Waals surface area contributed by atoms with Gasteiger partial charge in [0, 0.05) is 63.1 Å². The highest BCUT2D eigenvalue weighted by Crippen LogP contribution is 2.47. The first-order valence-electron chi connectivity index (χ1n) is 20.6. The monoisotopic (exact) mass is 765 g/mol. The van der Waals surface area contributed by atoms with Gasteiger partial charge >= 0.3 is 0 Å². The van der Waals surface area contributed by atoms with Crippen molar-refractivity contribution in [1.29, 1.82) is 0 Å². The van der Waals surface area contributed by atoms with Crippen LogP contribution in [0.15, 0.2) is 103 Å². The molecule has 9 rings (SSSR count). The van der Waals surface area contributed by atoms with Crippen molar-refractivity contribution in [2.75, 3.05) is 63.9 Å². The van der Waals surface area contributed by atoms with Gasteiger partial charge in [-0.3, -0.25) is 29.1 Å². The molecule has 0 aromatic heterocycles. The Bertz CT molecular complexity index is 2160. The Morgan fingerprint density at radius 1 is 0.754 bits per heavy atom. The van der Waals surface area contributed by atoms with Crippen LogP contribution in [0.25, 0.3) is 0 Å². The van der Waals surface area contributed by atoms with E-state index in [1.54, 1.807) is 6.07 Å². The highest BCUT2D eigenvalue weighted by molar-refractivity contribution is 6.23. The lowest BCUT2D eigenvalue weighted by Gasteiger charge is -2.41. The third kappa shape index (κ3) is 7.56. The van der Waals surface area contributed by atoms with Gasteiger partial charge in [0.1, 0.15) is 24.1 Å². The summed E-state index contributed by atoms with van der Waals surface area (Å²) in [4.78, 5) is 47.5. The predicted molar refractivity (Wildman–Crippen MR) is 220 cm³/mol. The lowest BCUT2D eigenvalue weighted by molar-refractivity contribution is -0.125. The number of imide groups is 1. The number of piperidine rings is 1. The molecular weight excluding hydrogens is 715 g/mol. The Labute approximate surface area is 334 Å². The lowest BCUT2D eigenvalue weighted by atomic mass is 9.69. The van der Waals surface area contributed by atoms with E-state index in [1.165, 1.54) is 28.7 Å². The molecule has 0 bridgehead atoms. The smallest absolute Gasteiger partial charge is 0.262 e. The van der Waals surface area contributed by atoms with Gasteiger partial charge in [-0.1, -0.05) is 55.1 Å². The molecule has 0 spiro atoms. The Kier molecular flexibility index (Phi) is 10.3. The number of hydrogen-bond acceptors (Lipinski definition) is 8.